The first-order valence-electron chi connectivity index (χ1n) is 9.39. The Morgan fingerprint density at radius 1 is 1.35 bits per heavy atom. The zero-order chi connectivity index (χ0) is 19.1. The lowest BCUT2D eigenvalue weighted by atomic mass is 10.00. The van der Waals surface area contributed by atoms with Gasteiger partial charge in [-0.25, -0.2) is 0 Å². The third-order valence-electron chi connectivity index (χ3n) is 5.12. The lowest BCUT2D eigenvalue weighted by Gasteiger charge is -2.35. The second-order valence-electron chi connectivity index (χ2n) is 6.86. The van der Waals surface area contributed by atoms with Crippen molar-refractivity contribution in [2.45, 2.75) is 52.6 Å². The van der Waals surface area contributed by atoms with Crippen molar-refractivity contribution >= 4 is 11.8 Å². The quantitative estimate of drug-likeness (QED) is 0.694. The van der Waals surface area contributed by atoms with Crippen LogP contribution < -0.4 is 15.4 Å². The number of unbranched alkanes of at least 4 members (excludes halogenated alkanes) is 1. The third kappa shape index (κ3) is 4.97. The van der Waals surface area contributed by atoms with E-state index in [1.54, 1.807) is 7.11 Å². The van der Waals surface area contributed by atoms with Gasteiger partial charge in [0.25, 0.3) is 0 Å². The maximum absolute atomic E-state index is 12.4. The van der Waals surface area contributed by atoms with Gasteiger partial charge in [0.15, 0.2) is 0 Å². The van der Waals surface area contributed by atoms with Gasteiger partial charge >= 0.3 is 0 Å². The highest BCUT2D eigenvalue weighted by atomic mass is 16.5. The van der Waals surface area contributed by atoms with E-state index in [9.17, 15) is 9.59 Å². The Morgan fingerprint density at radius 3 is 2.81 bits per heavy atom. The number of amides is 2. The zero-order valence-corrected chi connectivity index (χ0v) is 16.4. The van der Waals surface area contributed by atoms with Gasteiger partial charge in [0.05, 0.1) is 19.6 Å². The second-order valence-corrected chi connectivity index (χ2v) is 6.86. The molecule has 0 bridgehead atoms. The molecule has 2 amide bonds. The average Bonchev–Trinajstić information content (AvgIpc) is 2.62. The Balaban J connectivity index is 2.09. The molecule has 2 N–H and O–H groups in total. The Hall–Kier alpha value is -2.08. The van der Waals surface area contributed by atoms with E-state index in [1.165, 1.54) is 5.56 Å². The second kappa shape index (κ2) is 9.57. The minimum atomic E-state index is -0.424. The smallest absolute Gasteiger partial charge is 0.237 e. The Morgan fingerprint density at radius 2 is 2.12 bits per heavy atom. The number of methoxy groups -OCH3 is 1. The van der Waals surface area contributed by atoms with E-state index in [0.717, 1.165) is 36.3 Å². The third-order valence-corrected chi connectivity index (χ3v) is 5.12. The minimum Gasteiger partial charge on any atom is -0.496 e. The molecule has 6 heteroatoms. The fraction of sp³-hybridized carbons (Fsp3) is 0.600. The summed E-state index contributed by atoms with van der Waals surface area (Å²) in [5.74, 6) is 0.743. The number of carbonyl (C=O) groups is 2. The molecule has 0 aliphatic carbocycles. The molecular weight excluding hydrogens is 330 g/mol. The molecule has 1 fully saturated rings. The molecule has 1 aromatic rings. The summed E-state index contributed by atoms with van der Waals surface area (Å²) in [6.07, 6.45) is 2.19. The number of hydrogen-bond donors (Lipinski definition) is 2. The Bertz CT molecular complexity index is 645. The van der Waals surface area contributed by atoms with Crippen LogP contribution in [0.4, 0.5) is 0 Å². The molecule has 1 aliphatic rings. The van der Waals surface area contributed by atoms with Crippen LogP contribution in [0.3, 0.4) is 0 Å². The van der Waals surface area contributed by atoms with Crippen molar-refractivity contribution in [1.29, 1.82) is 0 Å². The molecule has 0 spiro atoms. The number of carbonyl (C=O) groups excluding carboxylic acids is 2. The summed E-state index contributed by atoms with van der Waals surface area (Å²) in [6, 6.07) is 3.59. The molecule has 0 saturated carbocycles. The highest BCUT2D eigenvalue weighted by Gasteiger charge is 2.31. The predicted molar refractivity (Wildman–Crippen MR) is 102 cm³/mol. The summed E-state index contributed by atoms with van der Waals surface area (Å²) < 4.78 is 5.38. The van der Waals surface area contributed by atoms with Crippen LogP contribution in [0.1, 0.15) is 42.9 Å². The van der Waals surface area contributed by atoms with E-state index in [2.05, 4.69) is 29.4 Å². The summed E-state index contributed by atoms with van der Waals surface area (Å²) in [6.45, 7) is 8.87. The van der Waals surface area contributed by atoms with Crippen molar-refractivity contribution in [1.82, 2.24) is 15.5 Å². The van der Waals surface area contributed by atoms with Crippen molar-refractivity contribution in [3.8, 4) is 5.75 Å². The van der Waals surface area contributed by atoms with Gasteiger partial charge in [0.1, 0.15) is 5.75 Å². The summed E-state index contributed by atoms with van der Waals surface area (Å²) in [7, 11) is 1.67. The van der Waals surface area contributed by atoms with E-state index < -0.39 is 6.04 Å². The maximum atomic E-state index is 12.4. The summed E-state index contributed by atoms with van der Waals surface area (Å²) in [4.78, 5) is 26.7. The van der Waals surface area contributed by atoms with Crippen molar-refractivity contribution < 1.29 is 14.3 Å². The number of hydrogen-bond acceptors (Lipinski definition) is 4. The normalized spacial score (nSPS) is 17.7. The van der Waals surface area contributed by atoms with Gasteiger partial charge in [-0.3, -0.25) is 14.5 Å². The van der Waals surface area contributed by atoms with Crippen LogP contribution in [0.25, 0.3) is 0 Å². The number of nitrogens with one attached hydrogen (secondary N) is 2. The van der Waals surface area contributed by atoms with Crippen molar-refractivity contribution in [2.75, 3.05) is 26.7 Å². The Kier molecular flexibility index (Phi) is 7.45. The number of rotatable bonds is 8. The van der Waals surface area contributed by atoms with Gasteiger partial charge in [-0.1, -0.05) is 19.4 Å². The maximum Gasteiger partial charge on any atom is 0.237 e. The van der Waals surface area contributed by atoms with Gasteiger partial charge < -0.3 is 15.4 Å². The van der Waals surface area contributed by atoms with E-state index in [4.69, 9.17) is 4.74 Å². The summed E-state index contributed by atoms with van der Waals surface area (Å²) in [5, 5.41) is 5.79. The molecular formula is C20H31N3O3. The molecule has 1 atom stereocenters. The van der Waals surface area contributed by atoms with Gasteiger partial charge in [-0.2, -0.15) is 0 Å². The zero-order valence-electron chi connectivity index (χ0n) is 16.4. The molecule has 1 saturated heterocycles. The van der Waals surface area contributed by atoms with Gasteiger partial charge in [0, 0.05) is 26.2 Å². The summed E-state index contributed by atoms with van der Waals surface area (Å²) in [5.41, 5.74) is 3.44. The molecule has 0 aromatic heterocycles. The van der Waals surface area contributed by atoms with Crippen LogP contribution in [0, 0.1) is 13.8 Å². The first kappa shape index (κ1) is 20.2. The monoisotopic (exact) mass is 361 g/mol. The van der Waals surface area contributed by atoms with E-state index >= 15 is 0 Å². The summed E-state index contributed by atoms with van der Waals surface area (Å²) >= 11 is 0. The highest BCUT2D eigenvalue weighted by molar-refractivity contribution is 5.88. The van der Waals surface area contributed by atoms with Crippen molar-refractivity contribution in [3.63, 3.8) is 0 Å². The fourth-order valence-electron chi connectivity index (χ4n) is 3.29. The van der Waals surface area contributed by atoms with E-state index in [-0.39, 0.29) is 18.2 Å². The molecule has 0 unspecified atom stereocenters. The van der Waals surface area contributed by atoms with Crippen LogP contribution in [0.2, 0.25) is 0 Å². The van der Waals surface area contributed by atoms with E-state index in [0.29, 0.717) is 19.6 Å². The topological polar surface area (TPSA) is 70.7 Å². The van der Waals surface area contributed by atoms with Crippen molar-refractivity contribution in [2.24, 2.45) is 0 Å². The number of nitrogens with zero attached hydrogens (tertiary/aromatic N) is 1. The SMILES string of the molecule is CCCCNC(=O)C[C@@H]1C(=O)NCCN1Cc1ccc(OC)c(C)c1C. The van der Waals surface area contributed by atoms with Gasteiger partial charge in [-0.05, 0) is 43.0 Å². The molecule has 0 radical (unpaired) electrons. The first-order valence-corrected chi connectivity index (χ1v) is 9.39. The van der Waals surface area contributed by atoms with Crippen LogP contribution in [-0.4, -0.2) is 49.5 Å². The number of piperazine rings is 1. The number of ether oxygens (including phenoxy) is 1. The van der Waals surface area contributed by atoms with E-state index in [1.807, 2.05) is 19.1 Å². The lowest BCUT2D eigenvalue weighted by molar-refractivity contribution is -0.134. The first-order chi connectivity index (χ1) is 12.5. The Labute approximate surface area is 156 Å². The molecule has 26 heavy (non-hydrogen) atoms. The van der Waals surface area contributed by atoms with Crippen LogP contribution >= 0.6 is 0 Å². The fourth-order valence-corrected chi connectivity index (χ4v) is 3.29. The largest absolute Gasteiger partial charge is 0.496 e. The highest BCUT2D eigenvalue weighted by Crippen LogP contribution is 2.25. The average molecular weight is 361 g/mol. The van der Waals surface area contributed by atoms with Gasteiger partial charge in [0.2, 0.25) is 11.8 Å². The van der Waals surface area contributed by atoms with Crippen LogP contribution in [0.15, 0.2) is 12.1 Å². The van der Waals surface area contributed by atoms with Gasteiger partial charge in [-0.15, -0.1) is 0 Å². The molecule has 1 aliphatic heterocycles. The molecule has 1 aromatic carbocycles. The molecule has 144 valence electrons. The van der Waals surface area contributed by atoms with Crippen LogP contribution in [-0.2, 0) is 16.1 Å². The minimum absolute atomic E-state index is 0.0619. The standard InChI is InChI=1S/C20H31N3O3/c1-5-6-9-21-19(24)12-17-20(25)22-10-11-23(17)13-16-7-8-18(26-4)15(3)14(16)2/h7-8,17H,5-6,9-13H2,1-4H3,(H,21,24)(H,22,25)/t17-/m1/s1. The molecule has 2 rings (SSSR count). The molecule has 1 heterocycles. The molecule has 6 nitrogen and oxygen atoms in total. The van der Waals surface area contributed by atoms with Crippen molar-refractivity contribution in [3.05, 3.63) is 28.8 Å². The van der Waals surface area contributed by atoms with Crippen LogP contribution in [0.5, 0.6) is 5.75 Å². The predicted octanol–water partition coefficient (Wildman–Crippen LogP) is 1.92. The lowest BCUT2D eigenvalue weighted by Crippen LogP contribution is -2.56. The number of benzene rings is 1.